The minimum Gasteiger partial charge on any atom is -0.485 e. The Morgan fingerprint density at radius 3 is 2.50 bits per heavy atom. The molecule has 1 N–H and O–H groups in total. The summed E-state index contributed by atoms with van der Waals surface area (Å²) in [5.74, 6) is 12.1. The van der Waals surface area contributed by atoms with Crippen LogP contribution < -0.4 is 0 Å². The molecule has 0 saturated heterocycles. The van der Waals surface area contributed by atoms with E-state index >= 15 is 0 Å². The number of aliphatic hydroxyl groups excluding tert-OH is 1. The van der Waals surface area contributed by atoms with Crippen molar-refractivity contribution in [1.29, 1.82) is 0 Å². The van der Waals surface area contributed by atoms with Crippen LogP contribution in [0.4, 0.5) is 0 Å². The molecule has 2 aromatic carbocycles. The summed E-state index contributed by atoms with van der Waals surface area (Å²) in [6.45, 7) is 4.41. The van der Waals surface area contributed by atoms with Gasteiger partial charge < -0.3 is 9.84 Å². The van der Waals surface area contributed by atoms with E-state index in [-0.39, 0.29) is 0 Å². The second kappa shape index (κ2) is 9.26. The third-order valence-corrected chi connectivity index (χ3v) is 3.22. The summed E-state index contributed by atoms with van der Waals surface area (Å²) >= 11 is 0. The molecule has 0 aliphatic rings. The second-order valence-electron chi connectivity index (χ2n) is 5.16. The van der Waals surface area contributed by atoms with Crippen LogP contribution in [0, 0.1) is 30.6 Å². The number of ether oxygens (including phenoxy) is 1. The number of benzene rings is 2. The van der Waals surface area contributed by atoms with Gasteiger partial charge in [-0.25, -0.2) is 0 Å². The van der Waals surface area contributed by atoms with Gasteiger partial charge in [0.2, 0.25) is 0 Å². The van der Waals surface area contributed by atoms with E-state index in [0.29, 0.717) is 12.4 Å². The summed E-state index contributed by atoms with van der Waals surface area (Å²) in [5, 5.41) is 10.1. The molecule has 0 fully saturated rings. The Labute approximate surface area is 143 Å². The van der Waals surface area contributed by atoms with Gasteiger partial charge in [0.1, 0.15) is 6.10 Å². The van der Waals surface area contributed by atoms with E-state index in [2.05, 4.69) is 23.7 Å². The van der Waals surface area contributed by atoms with Crippen LogP contribution in [0.5, 0.6) is 0 Å². The molecule has 2 rings (SSSR count). The topological polar surface area (TPSA) is 29.5 Å². The Balaban J connectivity index is 2.11. The molecule has 2 aromatic rings. The van der Waals surface area contributed by atoms with Crippen LogP contribution in [-0.2, 0) is 4.74 Å². The highest BCUT2D eigenvalue weighted by molar-refractivity contribution is 5.41. The van der Waals surface area contributed by atoms with Gasteiger partial charge in [0.25, 0.3) is 0 Å². The highest BCUT2D eigenvalue weighted by Crippen LogP contribution is 2.12. The normalized spacial score (nSPS) is 11.5. The van der Waals surface area contributed by atoms with E-state index in [4.69, 9.17) is 4.74 Å². The number of hydrogen-bond acceptors (Lipinski definition) is 2. The summed E-state index contributed by atoms with van der Waals surface area (Å²) in [5.41, 5.74) is 2.83. The first kappa shape index (κ1) is 17.4. The zero-order valence-corrected chi connectivity index (χ0v) is 13.9. The molecule has 0 radical (unpaired) electrons. The van der Waals surface area contributed by atoms with E-state index in [1.807, 2.05) is 68.4 Å². The average molecular weight is 316 g/mol. The highest BCUT2D eigenvalue weighted by Gasteiger charge is 2.01. The predicted octanol–water partition coefficient (Wildman–Crippen LogP) is 4.00. The molecule has 0 bridgehead atoms. The van der Waals surface area contributed by atoms with E-state index in [0.717, 1.165) is 16.7 Å². The standard InChI is InChI=1S/C22H20O2/c1-3-24-21(17-14-19-8-5-4-6-9-19)10-7-11-22(23)20-15-12-18(2)13-16-20/h4-6,8-10,12-13,15-16,22-23H,3H2,1-2H3. The third kappa shape index (κ3) is 5.69. The van der Waals surface area contributed by atoms with E-state index in [9.17, 15) is 5.11 Å². The Morgan fingerprint density at radius 2 is 1.83 bits per heavy atom. The summed E-state index contributed by atoms with van der Waals surface area (Å²) in [7, 11) is 0. The molecule has 0 aliphatic carbocycles. The third-order valence-electron chi connectivity index (χ3n) is 3.22. The number of hydrogen-bond donors (Lipinski definition) is 1. The number of aryl methyl sites for hydroxylation is 1. The molecule has 0 aliphatic heterocycles. The summed E-state index contributed by atoms with van der Waals surface area (Å²) in [6.07, 6.45) is 0.767. The van der Waals surface area contributed by atoms with Crippen molar-refractivity contribution in [1.82, 2.24) is 0 Å². The summed E-state index contributed by atoms with van der Waals surface area (Å²) in [6, 6.07) is 17.3. The van der Waals surface area contributed by atoms with Gasteiger partial charge in [-0.3, -0.25) is 0 Å². The van der Waals surface area contributed by atoms with Crippen molar-refractivity contribution in [3.05, 3.63) is 83.1 Å². The lowest BCUT2D eigenvalue weighted by Crippen LogP contribution is -1.93. The van der Waals surface area contributed by atoms with Crippen molar-refractivity contribution >= 4 is 0 Å². The van der Waals surface area contributed by atoms with Crippen molar-refractivity contribution < 1.29 is 9.84 Å². The van der Waals surface area contributed by atoms with Crippen molar-refractivity contribution in [2.45, 2.75) is 20.0 Å². The summed E-state index contributed by atoms with van der Waals surface area (Å²) < 4.78 is 5.47. The predicted molar refractivity (Wildman–Crippen MR) is 96.9 cm³/mol. The van der Waals surface area contributed by atoms with E-state index in [1.54, 1.807) is 6.08 Å². The lowest BCUT2D eigenvalue weighted by Gasteiger charge is -2.03. The molecule has 1 atom stereocenters. The van der Waals surface area contributed by atoms with Gasteiger partial charge in [0, 0.05) is 11.6 Å². The molecular formula is C22H20O2. The van der Waals surface area contributed by atoms with Crippen molar-refractivity contribution in [3.63, 3.8) is 0 Å². The highest BCUT2D eigenvalue weighted by atomic mass is 16.5. The molecule has 0 spiro atoms. The van der Waals surface area contributed by atoms with Crippen molar-refractivity contribution in [3.8, 4) is 23.7 Å². The fourth-order valence-electron chi connectivity index (χ4n) is 1.94. The Bertz CT molecular complexity index is 794. The number of aliphatic hydroxyl groups is 1. The van der Waals surface area contributed by atoms with Gasteiger partial charge in [-0.2, -0.15) is 0 Å². The van der Waals surface area contributed by atoms with Crippen LogP contribution >= 0.6 is 0 Å². The molecule has 0 aromatic heterocycles. The van der Waals surface area contributed by atoms with Crippen LogP contribution in [-0.4, -0.2) is 11.7 Å². The van der Waals surface area contributed by atoms with Crippen molar-refractivity contribution in [2.75, 3.05) is 6.61 Å². The average Bonchev–Trinajstić information content (AvgIpc) is 2.61. The van der Waals surface area contributed by atoms with Gasteiger partial charge in [-0.05, 0) is 37.5 Å². The Kier molecular flexibility index (Phi) is 6.72. The molecule has 2 heteroatoms. The zero-order valence-electron chi connectivity index (χ0n) is 13.9. The fourth-order valence-corrected chi connectivity index (χ4v) is 1.94. The lowest BCUT2D eigenvalue weighted by molar-refractivity contribution is 0.238. The van der Waals surface area contributed by atoms with Crippen LogP contribution in [0.1, 0.15) is 29.7 Å². The molecule has 24 heavy (non-hydrogen) atoms. The zero-order chi connectivity index (χ0) is 17.2. The molecular weight excluding hydrogens is 296 g/mol. The Morgan fingerprint density at radius 1 is 1.12 bits per heavy atom. The van der Waals surface area contributed by atoms with Gasteiger partial charge in [-0.15, -0.1) is 0 Å². The maximum atomic E-state index is 10.1. The maximum Gasteiger partial charge on any atom is 0.178 e. The van der Waals surface area contributed by atoms with Gasteiger partial charge >= 0.3 is 0 Å². The first-order chi connectivity index (χ1) is 11.7. The van der Waals surface area contributed by atoms with Crippen LogP contribution in [0.2, 0.25) is 0 Å². The molecule has 0 amide bonds. The quantitative estimate of drug-likeness (QED) is 0.685. The first-order valence-corrected chi connectivity index (χ1v) is 7.84. The molecule has 0 heterocycles. The lowest BCUT2D eigenvalue weighted by atomic mass is 10.1. The fraction of sp³-hybridized carbons (Fsp3) is 0.182. The SMILES string of the molecule is CCOC(C#Cc1ccccc1)=CC#CC(O)c1ccc(C)cc1. The van der Waals surface area contributed by atoms with E-state index < -0.39 is 6.10 Å². The number of allylic oxidation sites excluding steroid dienone is 2. The maximum absolute atomic E-state index is 10.1. The minimum atomic E-state index is -0.827. The molecule has 1 unspecified atom stereocenters. The van der Waals surface area contributed by atoms with Gasteiger partial charge in [0.05, 0.1) is 6.61 Å². The van der Waals surface area contributed by atoms with E-state index in [1.165, 1.54) is 0 Å². The van der Waals surface area contributed by atoms with Gasteiger partial charge in [0.15, 0.2) is 5.76 Å². The minimum absolute atomic E-state index is 0.491. The molecule has 2 nitrogen and oxygen atoms in total. The van der Waals surface area contributed by atoms with Crippen LogP contribution in [0.25, 0.3) is 0 Å². The largest absolute Gasteiger partial charge is 0.485 e. The van der Waals surface area contributed by atoms with Gasteiger partial charge in [-0.1, -0.05) is 65.8 Å². The monoisotopic (exact) mass is 316 g/mol. The van der Waals surface area contributed by atoms with Crippen LogP contribution in [0.3, 0.4) is 0 Å². The summed E-state index contributed by atoms with van der Waals surface area (Å²) in [4.78, 5) is 0. The Hall–Kier alpha value is -2.94. The molecule has 120 valence electrons. The van der Waals surface area contributed by atoms with Crippen LogP contribution in [0.15, 0.2) is 66.4 Å². The second-order valence-corrected chi connectivity index (χ2v) is 5.16. The first-order valence-electron chi connectivity index (χ1n) is 7.84. The molecule has 0 saturated carbocycles. The van der Waals surface area contributed by atoms with Crippen molar-refractivity contribution in [2.24, 2.45) is 0 Å². The smallest absolute Gasteiger partial charge is 0.178 e. The number of rotatable bonds is 3.